The third kappa shape index (κ3) is 5.35. The van der Waals surface area contributed by atoms with Crippen molar-refractivity contribution in [1.29, 1.82) is 5.26 Å². The lowest BCUT2D eigenvalue weighted by molar-refractivity contribution is -0.117. The lowest BCUT2D eigenvalue weighted by Crippen LogP contribution is -2.36. The Morgan fingerprint density at radius 1 is 1.31 bits per heavy atom. The summed E-state index contributed by atoms with van der Waals surface area (Å²) in [7, 11) is 0. The van der Waals surface area contributed by atoms with Crippen LogP contribution in [0.15, 0.2) is 24.3 Å². The minimum atomic E-state index is -0.352. The smallest absolute Gasteiger partial charge is 0.407 e. The Morgan fingerprint density at radius 3 is 2.86 bits per heavy atom. The van der Waals surface area contributed by atoms with Gasteiger partial charge in [0.1, 0.15) is 6.10 Å². The second kappa shape index (κ2) is 9.64. The summed E-state index contributed by atoms with van der Waals surface area (Å²) < 4.78 is 5.58. The first-order chi connectivity index (χ1) is 17.3. The molecular formula is C26H30N6O4. The topological polar surface area (TPSA) is 140 Å². The maximum atomic E-state index is 12.7. The fraction of sp³-hybridized carbons (Fsp3) is 0.500. The molecule has 1 aliphatic heterocycles. The van der Waals surface area contributed by atoms with Gasteiger partial charge in [-0.2, -0.15) is 10.4 Å². The Balaban J connectivity index is 1.14. The van der Waals surface area contributed by atoms with E-state index in [0.29, 0.717) is 42.0 Å². The number of hydrogen-bond acceptors (Lipinski definition) is 6. The van der Waals surface area contributed by atoms with Crippen LogP contribution in [0.2, 0.25) is 0 Å². The van der Waals surface area contributed by atoms with Crippen LogP contribution in [0.4, 0.5) is 16.3 Å². The van der Waals surface area contributed by atoms with E-state index < -0.39 is 0 Å². The Bertz CT molecular complexity index is 1230. The van der Waals surface area contributed by atoms with Gasteiger partial charge in [0.25, 0.3) is 0 Å². The molecule has 1 aromatic heterocycles. The van der Waals surface area contributed by atoms with Gasteiger partial charge in [0, 0.05) is 41.9 Å². The highest BCUT2D eigenvalue weighted by atomic mass is 16.6. The van der Waals surface area contributed by atoms with Gasteiger partial charge >= 0.3 is 6.09 Å². The Kier molecular flexibility index (Phi) is 6.39. The van der Waals surface area contributed by atoms with Gasteiger partial charge in [0.05, 0.1) is 18.1 Å². The molecule has 0 radical (unpaired) electrons. The van der Waals surface area contributed by atoms with Gasteiger partial charge in [-0.25, -0.2) is 4.79 Å². The number of alkyl carbamates (subject to hydrolysis) is 1. The van der Waals surface area contributed by atoms with Crippen LogP contribution in [-0.4, -0.2) is 46.3 Å². The van der Waals surface area contributed by atoms with Gasteiger partial charge in [-0.15, -0.1) is 0 Å². The summed E-state index contributed by atoms with van der Waals surface area (Å²) in [4.78, 5) is 38.4. The van der Waals surface area contributed by atoms with Gasteiger partial charge < -0.3 is 20.3 Å². The first-order valence-electron chi connectivity index (χ1n) is 12.5. The van der Waals surface area contributed by atoms with Gasteiger partial charge in [-0.3, -0.25) is 14.7 Å². The summed E-state index contributed by atoms with van der Waals surface area (Å²) in [5.74, 6) is 0.349. The molecule has 10 heteroatoms. The summed E-state index contributed by atoms with van der Waals surface area (Å²) in [6.45, 7) is 2.66. The number of H-pyrrole nitrogens is 1. The van der Waals surface area contributed by atoms with E-state index in [1.54, 1.807) is 23.1 Å². The number of aromatic amines is 1. The van der Waals surface area contributed by atoms with Crippen LogP contribution in [0.5, 0.6) is 0 Å². The van der Waals surface area contributed by atoms with Crippen molar-refractivity contribution in [2.75, 3.05) is 16.8 Å². The predicted molar refractivity (Wildman–Crippen MR) is 131 cm³/mol. The molecule has 1 saturated heterocycles. The van der Waals surface area contributed by atoms with Crippen molar-refractivity contribution in [3.8, 4) is 6.07 Å². The van der Waals surface area contributed by atoms with Crippen LogP contribution >= 0.6 is 0 Å². The second-order valence-corrected chi connectivity index (χ2v) is 10.3. The molecule has 2 aromatic rings. The third-order valence-electron chi connectivity index (χ3n) is 7.32. The van der Waals surface area contributed by atoms with Crippen molar-refractivity contribution < 1.29 is 19.1 Å². The highest BCUT2D eigenvalue weighted by Gasteiger charge is 2.40. The normalized spacial score (nSPS) is 22.2. The fourth-order valence-electron chi connectivity index (χ4n) is 4.95. The number of anilines is 2. The molecular weight excluding hydrogens is 460 g/mol. The summed E-state index contributed by atoms with van der Waals surface area (Å²) in [6.07, 6.45) is 5.18. The van der Waals surface area contributed by atoms with Gasteiger partial charge in [-0.05, 0) is 63.1 Å². The SMILES string of the molecule is CC1(NC(=O)O[C@@H]2CCC(c3cc(NC(=O)Cc4ccc(N5CCCC5=O)cc4C#N)n[nH]3)C2)CC1. The first-order valence-corrected chi connectivity index (χ1v) is 12.5. The first kappa shape index (κ1) is 23.9. The average Bonchev–Trinajstić information content (AvgIpc) is 3.25. The molecule has 2 saturated carbocycles. The summed E-state index contributed by atoms with van der Waals surface area (Å²) in [6, 6.07) is 9.13. The van der Waals surface area contributed by atoms with Crippen LogP contribution in [0, 0.1) is 11.3 Å². The molecule has 2 heterocycles. The van der Waals surface area contributed by atoms with Crippen LogP contribution in [-0.2, 0) is 20.7 Å². The second-order valence-electron chi connectivity index (χ2n) is 10.3. The molecule has 0 spiro atoms. The number of aromatic nitrogens is 2. The number of carbonyl (C=O) groups excluding carboxylic acids is 3. The monoisotopic (exact) mass is 490 g/mol. The molecule has 3 amide bonds. The Hall–Kier alpha value is -3.87. The number of benzene rings is 1. The third-order valence-corrected chi connectivity index (χ3v) is 7.32. The average molecular weight is 491 g/mol. The van der Waals surface area contributed by atoms with E-state index in [2.05, 4.69) is 26.9 Å². The summed E-state index contributed by atoms with van der Waals surface area (Å²) in [5.41, 5.74) is 2.45. The van der Waals surface area contributed by atoms with E-state index in [4.69, 9.17) is 4.74 Å². The summed E-state index contributed by atoms with van der Waals surface area (Å²) in [5, 5.41) is 22.5. The van der Waals surface area contributed by atoms with E-state index in [-0.39, 0.29) is 41.9 Å². The molecule has 188 valence electrons. The van der Waals surface area contributed by atoms with Crippen LogP contribution < -0.4 is 15.5 Å². The van der Waals surface area contributed by atoms with Gasteiger partial charge in [0.2, 0.25) is 11.8 Å². The molecule has 1 aromatic carbocycles. The molecule has 3 fully saturated rings. The zero-order chi connectivity index (χ0) is 25.3. The predicted octanol–water partition coefficient (Wildman–Crippen LogP) is 3.50. The largest absolute Gasteiger partial charge is 0.446 e. The van der Waals surface area contributed by atoms with E-state index in [1.807, 2.05) is 13.0 Å². The van der Waals surface area contributed by atoms with Crippen molar-refractivity contribution in [1.82, 2.24) is 15.5 Å². The maximum absolute atomic E-state index is 12.7. The molecule has 10 nitrogen and oxygen atoms in total. The molecule has 3 aliphatic rings. The highest BCUT2D eigenvalue weighted by Crippen LogP contribution is 2.37. The van der Waals surface area contributed by atoms with E-state index >= 15 is 0 Å². The number of rotatable bonds is 7. The van der Waals surface area contributed by atoms with E-state index in [1.165, 1.54) is 0 Å². The van der Waals surface area contributed by atoms with Crippen LogP contribution in [0.3, 0.4) is 0 Å². The minimum absolute atomic E-state index is 0.0205. The lowest BCUT2D eigenvalue weighted by Gasteiger charge is -2.16. The molecule has 2 aliphatic carbocycles. The van der Waals surface area contributed by atoms with Crippen molar-refractivity contribution in [2.24, 2.45) is 0 Å². The highest BCUT2D eigenvalue weighted by molar-refractivity contribution is 5.96. The molecule has 3 N–H and O–H groups in total. The van der Waals surface area contributed by atoms with E-state index in [9.17, 15) is 19.6 Å². The fourth-order valence-corrected chi connectivity index (χ4v) is 4.95. The van der Waals surface area contributed by atoms with Gasteiger partial charge in [0.15, 0.2) is 5.82 Å². The van der Waals surface area contributed by atoms with Crippen LogP contribution in [0.25, 0.3) is 0 Å². The van der Waals surface area contributed by atoms with Gasteiger partial charge in [-0.1, -0.05) is 6.07 Å². The van der Waals surface area contributed by atoms with Crippen molar-refractivity contribution in [2.45, 2.75) is 75.9 Å². The molecule has 1 unspecified atom stereocenters. The maximum Gasteiger partial charge on any atom is 0.407 e. The van der Waals surface area contributed by atoms with Crippen molar-refractivity contribution >= 4 is 29.4 Å². The number of nitrogens with zero attached hydrogens (tertiary/aromatic N) is 3. The number of amides is 3. The molecule has 0 bridgehead atoms. The van der Waals surface area contributed by atoms with E-state index in [0.717, 1.165) is 37.8 Å². The molecule has 2 atom stereocenters. The molecule has 5 rings (SSSR count). The zero-order valence-electron chi connectivity index (χ0n) is 20.3. The standard InChI is InChI=1S/C26H30N6O4/c1-26(8-9-26)29-25(35)36-20-7-5-17(12-20)21-14-22(31-30-21)28-23(33)13-16-4-6-19(11-18(16)15-27)32-10-2-3-24(32)34/h4,6,11,14,17,20H,2-3,5,7-10,12-13H2,1H3,(H,29,35)(H2,28,30,31,33)/t17?,20-/m1/s1. The zero-order valence-corrected chi connectivity index (χ0v) is 20.3. The Morgan fingerprint density at radius 2 is 2.14 bits per heavy atom. The number of nitrogens with one attached hydrogen (secondary N) is 3. The number of ether oxygens (including phenoxy) is 1. The van der Waals surface area contributed by atoms with Crippen LogP contribution in [0.1, 0.15) is 74.6 Å². The number of carbonyl (C=O) groups is 3. The van der Waals surface area contributed by atoms with Crippen molar-refractivity contribution in [3.05, 3.63) is 41.1 Å². The quantitative estimate of drug-likeness (QED) is 0.543. The number of nitriles is 1. The molecule has 36 heavy (non-hydrogen) atoms. The lowest BCUT2D eigenvalue weighted by atomic mass is 10.0. The number of hydrogen-bond donors (Lipinski definition) is 3. The Labute approximate surface area is 209 Å². The van der Waals surface area contributed by atoms with Crippen molar-refractivity contribution in [3.63, 3.8) is 0 Å². The minimum Gasteiger partial charge on any atom is -0.446 e. The summed E-state index contributed by atoms with van der Waals surface area (Å²) >= 11 is 0.